The van der Waals surface area contributed by atoms with Crippen LogP contribution in [-0.4, -0.2) is 17.4 Å². The number of carbonyl (C=O) groups excluding carboxylic acids is 1. The van der Waals surface area contributed by atoms with Crippen molar-refractivity contribution in [1.82, 2.24) is 10.3 Å². The second-order valence-corrected chi connectivity index (χ2v) is 4.57. The topological polar surface area (TPSA) is 54.0 Å². The van der Waals surface area contributed by atoms with Gasteiger partial charge in [-0.05, 0) is 31.5 Å². The normalized spacial score (nSPS) is 11.7. The van der Waals surface area contributed by atoms with Gasteiger partial charge in [-0.25, -0.2) is 0 Å². The highest BCUT2D eigenvalue weighted by atomic mass is 16.1. The average Bonchev–Trinajstić information content (AvgIpc) is 2.48. The quantitative estimate of drug-likeness (QED) is 0.877. The Bertz CT molecular complexity index is 569. The van der Waals surface area contributed by atoms with E-state index in [-0.39, 0.29) is 11.9 Å². The lowest BCUT2D eigenvalue weighted by Crippen LogP contribution is -2.27. The van der Waals surface area contributed by atoms with Crippen molar-refractivity contribution in [3.8, 4) is 0 Å². The number of nitrogens with zero attached hydrogens (tertiary/aromatic N) is 1. The van der Waals surface area contributed by atoms with Gasteiger partial charge in [0, 0.05) is 18.4 Å². The van der Waals surface area contributed by atoms with Crippen LogP contribution in [-0.2, 0) is 0 Å². The molecule has 0 bridgehead atoms. The number of aromatic nitrogens is 1. The predicted octanol–water partition coefficient (Wildman–Crippen LogP) is 3.00. The maximum atomic E-state index is 12.2. The highest BCUT2D eigenvalue weighted by Gasteiger charge is 2.12. The fourth-order valence-corrected chi connectivity index (χ4v) is 1.96. The smallest absolute Gasteiger partial charge is 0.270 e. The minimum atomic E-state index is -0.166. The first-order valence-electron chi connectivity index (χ1n) is 6.76. The van der Waals surface area contributed by atoms with Crippen LogP contribution in [0.1, 0.15) is 35.9 Å². The monoisotopic (exact) mass is 269 g/mol. The highest BCUT2D eigenvalue weighted by molar-refractivity contribution is 5.93. The molecule has 0 aliphatic carbocycles. The molecule has 2 N–H and O–H groups in total. The van der Waals surface area contributed by atoms with Crippen molar-refractivity contribution in [1.29, 1.82) is 0 Å². The summed E-state index contributed by atoms with van der Waals surface area (Å²) in [6, 6.07) is 13.4. The Morgan fingerprint density at radius 1 is 1.25 bits per heavy atom. The number of hydrogen-bond acceptors (Lipinski definition) is 3. The van der Waals surface area contributed by atoms with Crippen molar-refractivity contribution in [2.75, 3.05) is 11.9 Å². The zero-order chi connectivity index (χ0) is 14.4. The zero-order valence-electron chi connectivity index (χ0n) is 11.8. The van der Waals surface area contributed by atoms with Gasteiger partial charge in [-0.3, -0.25) is 9.78 Å². The molecule has 1 unspecified atom stereocenters. The number of nitrogens with one attached hydrogen (secondary N) is 2. The van der Waals surface area contributed by atoms with E-state index < -0.39 is 0 Å². The molecule has 0 fully saturated rings. The third-order valence-electron chi connectivity index (χ3n) is 3.02. The molecular weight excluding hydrogens is 250 g/mol. The van der Waals surface area contributed by atoms with Crippen molar-refractivity contribution in [2.45, 2.75) is 19.9 Å². The lowest BCUT2D eigenvalue weighted by molar-refractivity contribution is 0.0935. The first kappa shape index (κ1) is 14.1. The van der Waals surface area contributed by atoms with Gasteiger partial charge < -0.3 is 10.6 Å². The minimum Gasteiger partial charge on any atom is -0.385 e. The standard InChI is InChI=1S/C16H19N3O/c1-3-17-14-9-10-18-15(11-14)16(20)19-12(2)13-7-5-4-6-8-13/h4-12H,3H2,1-2H3,(H,17,18)(H,19,20). The van der Waals surface area contributed by atoms with Gasteiger partial charge in [0.15, 0.2) is 0 Å². The fourth-order valence-electron chi connectivity index (χ4n) is 1.96. The molecule has 2 rings (SSSR count). The summed E-state index contributed by atoms with van der Waals surface area (Å²) in [4.78, 5) is 16.3. The van der Waals surface area contributed by atoms with Gasteiger partial charge in [-0.15, -0.1) is 0 Å². The van der Waals surface area contributed by atoms with E-state index in [1.54, 1.807) is 12.3 Å². The van der Waals surface area contributed by atoms with Crippen LogP contribution in [0.4, 0.5) is 5.69 Å². The second-order valence-electron chi connectivity index (χ2n) is 4.57. The summed E-state index contributed by atoms with van der Waals surface area (Å²) >= 11 is 0. The number of carbonyl (C=O) groups is 1. The van der Waals surface area contributed by atoms with E-state index in [1.807, 2.05) is 50.2 Å². The van der Waals surface area contributed by atoms with Gasteiger partial charge in [0.2, 0.25) is 0 Å². The average molecular weight is 269 g/mol. The Labute approximate surface area is 119 Å². The molecule has 1 heterocycles. The number of amides is 1. The predicted molar refractivity (Wildman–Crippen MR) is 80.7 cm³/mol. The first-order chi connectivity index (χ1) is 9.70. The van der Waals surface area contributed by atoms with Gasteiger partial charge in [-0.2, -0.15) is 0 Å². The van der Waals surface area contributed by atoms with E-state index in [0.29, 0.717) is 5.69 Å². The molecule has 1 aromatic carbocycles. The third kappa shape index (κ3) is 3.57. The van der Waals surface area contributed by atoms with Crippen molar-refractivity contribution >= 4 is 11.6 Å². The summed E-state index contributed by atoms with van der Waals surface area (Å²) in [5.41, 5.74) is 2.40. The lowest BCUT2D eigenvalue weighted by atomic mass is 10.1. The van der Waals surface area contributed by atoms with E-state index in [4.69, 9.17) is 0 Å². The molecule has 0 radical (unpaired) electrons. The summed E-state index contributed by atoms with van der Waals surface area (Å²) in [5.74, 6) is -0.166. The van der Waals surface area contributed by atoms with Gasteiger partial charge >= 0.3 is 0 Å². The molecule has 2 aromatic rings. The van der Waals surface area contributed by atoms with Crippen LogP contribution < -0.4 is 10.6 Å². The van der Waals surface area contributed by atoms with Crippen molar-refractivity contribution in [2.24, 2.45) is 0 Å². The summed E-state index contributed by atoms with van der Waals surface area (Å²) in [6.45, 7) is 4.78. The second kappa shape index (κ2) is 6.70. The number of rotatable bonds is 5. The Morgan fingerprint density at radius 2 is 2.00 bits per heavy atom. The van der Waals surface area contributed by atoms with Crippen LogP contribution in [0.15, 0.2) is 48.7 Å². The van der Waals surface area contributed by atoms with Crippen molar-refractivity contribution in [3.05, 3.63) is 59.9 Å². The molecule has 0 aliphatic rings. The maximum Gasteiger partial charge on any atom is 0.270 e. The summed E-state index contributed by atoms with van der Waals surface area (Å²) < 4.78 is 0. The fraction of sp³-hybridized carbons (Fsp3) is 0.250. The Morgan fingerprint density at radius 3 is 2.70 bits per heavy atom. The molecule has 1 amide bonds. The molecule has 104 valence electrons. The van der Waals surface area contributed by atoms with Crippen LogP contribution in [0.25, 0.3) is 0 Å². The molecule has 0 saturated heterocycles. The Kier molecular flexibility index (Phi) is 4.71. The molecule has 4 heteroatoms. The largest absolute Gasteiger partial charge is 0.385 e. The van der Waals surface area contributed by atoms with Gasteiger partial charge in [-0.1, -0.05) is 30.3 Å². The number of pyridine rings is 1. The van der Waals surface area contributed by atoms with Crippen LogP contribution in [0, 0.1) is 0 Å². The number of benzene rings is 1. The van der Waals surface area contributed by atoms with Gasteiger partial charge in [0.25, 0.3) is 5.91 Å². The SMILES string of the molecule is CCNc1ccnc(C(=O)NC(C)c2ccccc2)c1. The van der Waals surface area contributed by atoms with Crippen molar-refractivity contribution in [3.63, 3.8) is 0 Å². The Balaban J connectivity index is 2.06. The van der Waals surface area contributed by atoms with Crippen LogP contribution in [0.5, 0.6) is 0 Å². The maximum absolute atomic E-state index is 12.2. The number of anilines is 1. The summed E-state index contributed by atoms with van der Waals surface area (Å²) in [6.07, 6.45) is 1.64. The van der Waals surface area contributed by atoms with Crippen LogP contribution in [0.2, 0.25) is 0 Å². The minimum absolute atomic E-state index is 0.0479. The molecule has 0 spiro atoms. The Hall–Kier alpha value is -2.36. The van der Waals surface area contributed by atoms with Crippen LogP contribution in [0.3, 0.4) is 0 Å². The van der Waals surface area contributed by atoms with E-state index in [9.17, 15) is 4.79 Å². The molecule has 0 saturated carbocycles. The van der Waals surface area contributed by atoms with E-state index in [0.717, 1.165) is 17.8 Å². The summed E-state index contributed by atoms with van der Waals surface area (Å²) in [7, 11) is 0. The van der Waals surface area contributed by atoms with E-state index in [1.165, 1.54) is 0 Å². The van der Waals surface area contributed by atoms with E-state index >= 15 is 0 Å². The lowest BCUT2D eigenvalue weighted by Gasteiger charge is -2.14. The molecule has 1 atom stereocenters. The first-order valence-corrected chi connectivity index (χ1v) is 6.76. The number of hydrogen-bond donors (Lipinski definition) is 2. The molecule has 0 aliphatic heterocycles. The molecule has 1 aromatic heterocycles. The summed E-state index contributed by atoms with van der Waals surface area (Å²) in [5, 5.41) is 6.12. The van der Waals surface area contributed by atoms with E-state index in [2.05, 4.69) is 15.6 Å². The zero-order valence-corrected chi connectivity index (χ0v) is 11.8. The van der Waals surface area contributed by atoms with Crippen LogP contribution >= 0.6 is 0 Å². The van der Waals surface area contributed by atoms with Gasteiger partial charge in [0.1, 0.15) is 5.69 Å². The van der Waals surface area contributed by atoms with Crippen molar-refractivity contribution < 1.29 is 4.79 Å². The van der Waals surface area contributed by atoms with Gasteiger partial charge in [0.05, 0.1) is 6.04 Å². The molecule has 4 nitrogen and oxygen atoms in total. The highest BCUT2D eigenvalue weighted by Crippen LogP contribution is 2.13. The molecule has 20 heavy (non-hydrogen) atoms. The third-order valence-corrected chi connectivity index (χ3v) is 3.02. The molecular formula is C16H19N3O.